The summed E-state index contributed by atoms with van der Waals surface area (Å²) in [7, 11) is 0. The standard InChI is InChI=1S/C13H16ClN3OS/c14-9-4-1-5-10(11(9)13(16)19)17-6-2-3-8(7-17)12(15)18/h1,4-5,8H,2-3,6-7H2,(H2,15,18)(H2,16,19). The van der Waals surface area contributed by atoms with Gasteiger partial charge in [0, 0.05) is 18.8 Å². The van der Waals surface area contributed by atoms with Gasteiger partial charge < -0.3 is 16.4 Å². The highest BCUT2D eigenvalue weighted by molar-refractivity contribution is 7.80. The molecule has 1 aromatic carbocycles. The van der Waals surface area contributed by atoms with Gasteiger partial charge in [-0.25, -0.2) is 0 Å². The number of anilines is 1. The molecule has 1 atom stereocenters. The van der Waals surface area contributed by atoms with Crippen molar-refractivity contribution in [3.8, 4) is 0 Å². The van der Waals surface area contributed by atoms with Crippen LogP contribution in [0, 0.1) is 5.92 Å². The molecule has 19 heavy (non-hydrogen) atoms. The summed E-state index contributed by atoms with van der Waals surface area (Å²) in [6.07, 6.45) is 1.74. The Bertz CT molecular complexity index is 521. The van der Waals surface area contributed by atoms with Crippen molar-refractivity contribution in [2.75, 3.05) is 18.0 Å². The maximum absolute atomic E-state index is 11.3. The smallest absolute Gasteiger partial charge is 0.222 e. The van der Waals surface area contributed by atoms with Crippen LogP contribution in [-0.4, -0.2) is 24.0 Å². The third kappa shape index (κ3) is 2.98. The molecule has 6 heteroatoms. The molecule has 0 aromatic heterocycles. The number of benzene rings is 1. The number of halogens is 1. The Morgan fingerprint density at radius 3 is 2.79 bits per heavy atom. The third-order valence-electron chi connectivity index (χ3n) is 3.40. The molecular formula is C13H16ClN3OS. The molecule has 1 fully saturated rings. The molecule has 1 saturated heterocycles. The minimum absolute atomic E-state index is 0.132. The second-order valence-corrected chi connectivity index (χ2v) is 5.53. The van der Waals surface area contributed by atoms with Crippen molar-refractivity contribution in [3.05, 3.63) is 28.8 Å². The monoisotopic (exact) mass is 297 g/mol. The number of amides is 1. The first-order chi connectivity index (χ1) is 9.00. The van der Waals surface area contributed by atoms with Crippen molar-refractivity contribution in [1.29, 1.82) is 0 Å². The first-order valence-electron chi connectivity index (χ1n) is 6.13. The molecule has 1 heterocycles. The van der Waals surface area contributed by atoms with E-state index in [0.717, 1.165) is 25.1 Å². The predicted octanol–water partition coefficient (Wildman–Crippen LogP) is 1.68. The summed E-state index contributed by atoms with van der Waals surface area (Å²) in [5.74, 6) is -0.393. The maximum atomic E-state index is 11.3. The number of primary amides is 1. The lowest BCUT2D eigenvalue weighted by atomic mass is 9.96. The highest BCUT2D eigenvalue weighted by Gasteiger charge is 2.26. The van der Waals surface area contributed by atoms with Crippen LogP contribution in [0.4, 0.5) is 5.69 Å². The van der Waals surface area contributed by atoms with E-state index in [2.05, 4.69) is 4.90 Å². The molecule has 1 amide bonds. The number of nitrogens with two attached hydrogens (primary N) is 2. The minimum atomic E-state index is -0.261. The van der Waals surface area contributed by atoms with Crippen molar-refractivity contribution in [2.24, 2.45) is 17.4 Å². The fraction of sp³-hybridized carbons (Fsp3) is 0.385. The highest BCUT2D eigenvalue weighted by atomic mass is 35.5. The van der Waals surface area contributed by atoms with Crippen molar-refractivity contribution < 1.29 is 4.79 Å². The van der Waals surface area contributed by atoms with Crippen LogP contribution in [0.15, 0.2) is 18.2 Å². The molecule has 4 nitrogen and oxygen atoms in total. The number of carbonyl (C=O) groups excluding carboxylic acids is 1. The summed E-state index contributed by atoms with van der Waals surface area (Å²) in [6, 6.07) is 5.53. The minimum Gasteiger partial charge on any atom is -0.389 e. The summed E-state index contributed by atoms with van der Waals surface area (Å²) in [4.78, 5) is 13.7. The molecule has 0 radical (unpaired) electrons. The van der Waals surface area contributed by atoms with E-state index in [1.54, 1.807) is 6.07 Å². The van der Waals surface area contributed by atoms with E-state index in [9.17, 15) is 4.79 Å². The van der Waals surface area contributed by atoms with Crippen LogP contribution in [-0.2, 0) is 4.79 Å². The molecule has 0 aliphatic carbocycles. The Labute approximate surface area is 122 Å². The molecular weight excluding hydrogens is 282 g/mol. The van der Waals surface area contributed by atoms with Gasteiger partial charge in [-0.3, -0.25) is 4.79 Å². The topological polar surface area (TPSA) is 72.4 Å². The van der Waals surface area contributed by atoms with Crippen LogP contribution in [0.5, 0.6) is 0 Å². The van der Waals surface area contributed by atoms with Gasteiger partial charge in [-0.05, 0) is 25.0 Å². The zero-order valence-electron chi connectivity index (χ0n) is 10.4. The van der Waals surface area contributed by atoms with E-state index in [1.807, 2.05) is 12.1 Å². The fourth-order valence-corrected chi connectivity index (χ4v) is 2.99. The molecule has 0 bridgehead atoms. The molecule has 4 N–H and O–H groups in total. The molecule has 0 saturated carbocycles. The average molecular weight is 298 g/mol. The average Bonchev–Trinajstić information content (AvgIpc) is 2.38. The summed E-state index contributed by atoms with van der Waals surface area (Å²) in [6.45, 7) is 1.44. The number of piperidine rings is 1. The van der Waals surface area contributed by atoms with Crippen LogP contribution in [0.2, 0.25) is 5.02 Å². The van der Waals surface area contributed by atoms with Crippen LogP contribution in [0.25, 0.3) is 0 Å². The van der Waals surface area contributed by atoms with Gasteiger partial charge in [0.25, 0.3) is 0 Å². The van der Waals surface area contributed by atoms with Gasteiger partial charge in [0.15, 0.2) is 0 Å². The Hall–Kier alpha value is -1.33. The number of rotatable bonds is 3. The Morgan fingerprint density at radius 2 is 2.16 bits per heavy atom. The van der Waals surface area contributed by atoms with Gasteiger partial charge in [0.05, 0.1) is 16.5 Å². The molecule has 1 unspecified atom stereocenters. The largest absolute Gasteiger partial charge is 0.389 e. The maximum Gasteiger partial charge on any atom is 0.222 e. The Morgan fingerprint density at radius 1 is 1.42 bits per heavy atom. The lowest BCUT2D eigenvalue weighted by Crippen LogP contribution is -2.41. The molecule has 0 spiro atoms. The number of thiocarbonyl (C=S) groups is 1. The van der Waals surface area contributed by atoms with Gasteiger partial charge in [0.1, 0.15) is 4.99 Å². The molecule has 2 rings (SSSR count). The molecule has 1 aliphatic rings. The SMILES string of the molecule is NC(=O)C1CCCN(c2cccc(Cl)c2C(N)=S)C1. The normalized spacial score (nSPS) is 19.2. The second-order valence-electron chi connectivity index (χ2n) is 4.69. The van der Waals surface area contributed by atoms with Gasteiger partial charge >= 0.3 is 0 Å². The third-order valence-corrected chi connectivity index (χ3v) is 3.92. The van der Waals surface area contributed by atoms with Gasteiger partial charge in [-0.15, -0.1) is 0 Å². The molecule has 1 aliphatic heterocycles. The van der Waals surface area contributed by atoms with Gasteiger partial charge in [0.2, 0.25) is 5.91 Å². The second kappa shape index (κ2) is 5.75. The van der Waals surface area contributed by atoms with Crippen molar-refractivity contribution in [1.82, 2.24) is 0 Å². The van der Waals surface area contributed by atoms with Crippen LogP contribution >= 0.6 is 23.8 Å². The first kappa shape index (κ1) is 14.1. The van der Waals surface area contributed by atoms with E-state index in [0.29, 0.717) is 17.1 Å². The summed E-state index contributed by atoms with van der Waals surface area (Å²) < 4.78 is 0. The summed E-state index contributed by atoms with van der Waals surface area (Å²) in [5, 5.41) is 0.534. The van der Waals surface area contributed by atoms with E-state index in [1.165, 1.54) is 0 Å². The number of hydrogen-bond donors (Lipinski definition) is 2. The van der Waals surface area contributed by atoms with Gasteiger partial charge in [-0.2, -0.15) is 0 Å². The molecule has 102 valence electrons. The quantitative estimate of drug-likeness (QED) is 0.833. The van der Waals surface area contributed by atoms with Gasteiger partial charge in [-0.1, -0.05) is 29.9 Å². The van der Waals surface area contributed by atoms with E-state index < -0.39 is 0 Å². The fourth-order valence-electron chi connectivity index (χ4n) is 2.45. The number of hydrogen-bond acceptors (Lipinski definition) is 3. The van der Waals surface area contributed by atoms with E-state index in [-0.39, 0.29) is 16.8 Å². The van der Waals surface area contributed by atoms with E-state index >= 15 is 0 Å². The van der Waals surface area contributed by atoms with Crippen molar-refractivity contribution in [3.63, 3.8) is 0 Å². The molecule has 1 aromatic rings. The summed E-state index contributed by atoms with van der Waals surface area (Å²) >= 11 is 11.2. The van der Waals surface area contributed by atoms with E-state index in [4.69, 9.17) is 35.3 Å². The predicted molar refractivity (Wildman–Crippen MR) is 81.5 cm³/mol. The zero-order chi connectivity index (χ0) is 14.0. The lowest BCUT2D eigenvalue weighted by Gasteiger charge is -2.34. The van der Waals surface area contributed by atoms with Crippen LogP contribution < -0.4 is 16.4 Å². The Balaban J connectivity index is 2.34. The zero-order valence-corrected chi connectivity index (χ0v) is 12.0. The lowest BCUT2D eigenvalue weighted by molar-refractivity contribution is -0.122. The number of nitrogens with zero attached hydrogens (tertiary/aromatic N) is 1. The number of carbonyl (C=O) groups is 1. The first-order valence-corrected chi connectivity index (χ1v) is 6.92. The Kier molecular flexibility index (Phi) is 4.27. The van der Waals surface area contributed by atoms with Crippen LogP contribution in [0.3, 0.4) is 0 Å². The highest BCUT2D eigenvalue weighted by Crippen LogP contribution is 2.30. The van der Waals surface area contributed by atoms with Crippen LogP contribution in [0.1, 0.15) is 18.4 Å². The van der Waals surface area contributed by atoms with Crippen molar-refractivity contribution >= 4 is 40.4 Å². The summed E-state index contributed by atoms with van der Waals surface area (Å²) in [5.41, 5.74) is 12.7. The van der Waals surface area contributed by atoms with Crippen molar-refractivity contribution in [2.45, 2.75) is 12.8 Å².